The van der Waals surface area contributed by atoms with Gasteiger partial charge >= 0.3 is 11.9 Å². The fourth-order valence-corrected chi connectivity index (χ4v) is 4.25. The molecule has 2 aromatic heterocycles. The summed E-state index contributed by atoms with van der Waals surface area (Å²) >= 11 is 0. The monoisotopic (exact) mass is 699 g/mol. The molecule has 256 valence electrons. The lowest BCUT2D eigenvalue weighted by molar-refractivity contribution is -0.120. The van der Waals surface area contributed by atoms with Crippen LogP contribution in [-0.2, 0) is 22.6 Å². The third-order valence-electron chi connectivity index (χ3n) is 6.78. The highest BCUT2D eigenvalue weighted by atomic mass is 35.5. The normalized spacial score (nSPS) is 11.1. The minimum Gasteiger partial charge on any atom is -0.489 e. The van der Waals surface area contributed by atoms with Crippen LogP contribution in [0.2, 0.25) is 0 Å². The highest BCUT2D eigenvalue weighted by Gasteiger charge is 2.25. The van der Waals surface area contributed by atoms with Crippen LogP contribution >= 0.6 is 12.4 Å². The zero-order valence-corrected chi connectivity index (χ0v) is 26.0. The van der Waals surface area contributed by atoms with Crippen LogP contribution in [0.3, 0.4) is 0 Å². The summed E-state index contributed by atoms with van der Waals surface area (Å²) in [7, 11) is 1.21. The molecule has 0 saturated carbocycles. The Hall–Kier alpha value is -6.47. The van der Waals surface area contributed by atoms with Crippen molar-refractivity contribution < 1.29 is 38.5 Å². The number of esters is 1. The van der Waals surface area contributed by atoms with E-state index in [-0.39, 0.29) is 47.1 Å². The standard InChI is InChI=1S/C17H14N6O7.C12H12FN3O2.ClH/c1-30-17(29)8-4-2-7(3-5-8)11(12(18)24)20-14(25)9-6-10(16(27)28)23-13(19-9)15(26)21-22-23;13-8-2-1-6(4-14)3-7(8)5-16-10-9(15)11(17)12(10)18;/h2-6,11,26H,1H3,(H2,18,24)(H,20,25)(H,27,28);1-3,16H,4-5,14-15H2;1H/t11-;;/m1../s1. The number of carbonyl (C=O) groups is 4. The van der Waals surface area contributed by atoms with Crippen LogP contribution in [-0.4, -0.2) is 60.9 Å². The molecule has 49 heavy (non-hydrogen) atoms. The summed E-state index contributed by atoms with van der Waals surface area (Å²) in [6, 6.07) is 9.64. The first kappa shape index (κ1) is 37.0. The molecular weight excluding hydrogens is 673 g/mol. The van der Waals surface area contributed by atoms with Crippen molar-refractivity contribution in [1.82, 2.24) is 25.1 Å². The number of carboxylic acids is 1. The third kappa shape index (κ3) is 7.92. The number of nitrogens with zero attached hydrogens (tertiary/aromatic N) is 4. The van der Waals surface area contributed by atoms with Gasteiger partial charge in [-0.2, -0.15) is 4.52 Å². The summed E-state index contributed by atoms with van der Waals surface area (Å²) in [6.45, 7) is 0.379. The highest BCUT2D eigenvalue weighted by molar-refractivity contribution is 5.98. The van der Waals surface area contributed by atoms with Crippen LogP contribution in [0.25, 0.3) is 5.65 Å². The quantitative estimate of drug-likeness (QED) is 0.0731. The summed E-state index contributed by atoms with van der Waals surface area (Å²) in [5.74, 6) is -4.99. The molecule has 2 amide bonds. The molecule has 0 bridgehead atoms. The second-order valence-corrected chi connectivity index (χ2v) is 9.83. The minimum atomic E-state index is -1.45. The number of methoxy groups -OCH3 is 1. The minimum absolute atomic E-state index is 0. The number of nitrogen functional groups attached to an aromatic ring is 1. The molecule has 18 nitrogen and oxygen atoms in total. The number of nitrogens with two attached hydrogens (primary N) is 3. The van der Waals surface area contributed by atoms with E-state index >= 15 is 0 Å². The lowest BCUT2D eigenvalue weighted by Gasteiger charge is -2.16. The van der Waals surface area contributed by atoms with E-state index in [1.165, 1.54) is 37.4 Å². The van der Waals surface area contributed by atoms with Gasteiger partial charge < -0.3 is 42.8 Å². The number of ether oxygens (including phenoxy) is 1. The number of benzene rings is 2. The number of anilines is 2. The second kappa shape index (κ2) is 15.4. The van der Waals surface area contributed by atoms with E-state index in [0.29, 0.717) is 12.1 Å². The Morgan fingerprint density at radius 3 is 2.31 bits per heavy atom. The van der Waals surface area contributed by atoms with Crippen molar-refractivity contribution in [2.24, 2.45) is 11.5 Å². The van der Waals surface area contributed by atoms with E-state index in [9.17, 15) is 43.4 Å². The SMILES string of the molecule is COC(=O)c1ccc([C@@H](NC(=O)c2cc(C(=O)O)n3nnc(O)c3n2)C(N)=O)cc1.Cl.NCc1ccc(F)c(CNc2c(N)c(=O)c2=O)c1. The number of halogens is 2. The molecule has 1 atom stereocenters. The maximum absolute atomic E-state index is 13.5. The molecule has 20 heteroatoms. The van der Waals surface area contributed by atoms with Crippen LogP contribution in [0.5, 0.6) is 5.88 Å². The smallest absolute Gasteiger partial charge is 0.354 e. The van der Waals surface area contributed by atoms with Crippen LogP contribution in [0.4, 0.5) is 15.8 Å². The first-order valence-corrected chi connectivity index (χ1v) is 13.5. The van der Waals surface area contributed by atoms with Gasteiger partial charge in [0.1, 0.15) is 28.9 Å². The molecule has 0 unspecified atom stereocenters. The van der Waals surface area contributed by atoms with Crippen molar-refractivity contribution in [3.8, 4) is 5.88 Å². The van der Waals surface area contributed by atoms with Gasteiger partial charge in [-0.25, -0.2) is 19.0 Å². The predicted molar refractivity (Wildman–Crippen MR) is 171 cm³/mol. The van der Waals surface area contributed by atoms with Gasteiger partial charge in [0, 0.05) is 24.7 Å². The Labute approximate surface area is 279 Å². The van der Waals surface area contributed by atoms with Gasteiger partial charge in [0.25, 0.3) is 22.6 Å². The van der Waals surface area contributed by atoms with Crippen molar-refractivity contribution in [2.75, 3.05) is 18.2 Å². The Balaban J connectivity index is 0.000000293. The van der Waals surface area contributed by atoms with E-state index in [1.54, 1.807) is 12.1 Å². The number of rotatable bonds is 10. The molecule has 0 saturated heterocycles. The topological polar surface area (TPSA) is 297 Å². The average Bonchev–Trinajstić information content (AvgIpc) is 3.47. The van der Waals surface area contributed by atoms with Crippen LogP contribution in [0.15, 0.2) is 58.1 Å². The summed E-state index contributed by atoms with van der Waals surface area (Å²) < 4.78 is 18.8. The number of nitrogens with one attached hydrogen (secondary N) is 2. The lowest BCUT2D eigenvalue weighted by Crippen LogP contribution is -2.38. The zero-order chi connectivity index (χ0) is 35.3. The molecule has 0 aliphatic rings. The number of aromatic carboxylic acids is 1. The predicted octanol–water partition coefficient (Wildman–Crippen LogP) is -0.232. The van der Waals surface area contributed by atoms with Gasteiger partial charge in [-0.3, -0.25) is 19.2 Å². The lowest BCUT2D eigenvalue weighted by atomic mass is 10.0. The molecule has 10 N–H and O–H groups in total. The Bertz CT molecular complexity index is 2130. The molecule has 0 aliphatic carbocycles. The van der Waals surface area contributed by atoms with Gasteiger partial charge in [0.15, 0.2) is 5.69 Å². The van der Waals surface area contributed by atoms with Gasteiger partial charge in [-0.05, 0) is 35.4 Å². The molecule has 5 aromatic rings. The molecule has 0 spiro atoms. The van der Waals surface area contributed by atoms with Crippen molar-refractivity contribution in [2.45, 2.75) is 19.1 Å². The molecule has 0 aliphatic heterocycles. The van der Waals surface area contributed by atoms with Gasteiger partial charge in [0.05, 0.1) is 12.7 Å². The molecule has 5 rings (SSSR count). The number of amides is 2. The van der Waals surface area contributed by atoms with E-state index < -0.39 is 63.7 Å². The number of aromatic nitrogens is 4. The first-order valence-electron chi connectivity index (χ1n) is 13.5. The highest BCUT2D eigenvalue weighted by Crippen LogP contribution is 2.19. The number of aromatic hydroxyl groups is 1. The summed E-state index contributed by atoms with van der Waals surface area (Å²) in [5.41, 5.74) is 15.1. The van der Waals surface area contributed by atoms with E-state index in [4.69, 9.17) is 17.2 Å². The molecule has 2 heterocycles. The Morgan fingerprint density at radius 2 is 1.73 bits per heavy atom. The number of hydrogen-bond donors (Lipinski definition) is 7. The molecule has 0 fully saturated rings. The van der Waals surface area contributed by atoms with Crippen molar-refractivity contribution in [1.29, 1.82) is 0 Å². The number of hydrogen-bond acceptors (Lipinski definition) is 14. The zero-order valence-electron chi connectivity index (χ0n) is 25.2. The van der Waals surface area contributed by atoms with Gasteiger partial charge in [-0.15, -0.1) is 12.4 Å². The fourth-order valence-electron chi connectivity index (χ4n) is 4.25. The van der Waals surface area contributed by atoms with E-state index in [1.807, 2.05) is 0 Å². The number of carbonyl (C=O) groups excluding carboxylic acids is 3. The third-order valence-corrected chi connectivity index (χ3v) is 6.78. The number of primary amides is 1. The Kier molecular flexibility index (Phi) is 11.6. The van der Waals surface area contributed by atoms with Crippen molar-refractivity contribution in [3.05, 3.63) is 108 Å². The number of fused-ring (bicyclic) bond motifs is 1. The fraction of sp³-hybridized carbons (Fsp3) is 0.138. The Morgan fingerprint density at radius 1 is 1.06 bits per heavy atom. The number of carboxylic acid groups (broad SMARTS) is 1. The van der Waals surface area contributed by atoms with E-state index in [0.717, 1.165) is 16.1 Å². The van der Waals surface area contributed by atoms with Crippen LogP contribution < -0.4 is 38.7 Å². The average molecular weight is 700 g/mol. The maximum atomic E-state index is 13.5. The van der Waals surface area contributed by atoms with E-state index in [2.05, 4.69) is 30.7 Å². The van der Waals surface area contributed by atoms with Crippen LogP contribution in [0, 0.1) is 5.82 Å². The van der Waals surface area contributed by atoms with Crippen molar-refractivity contribution in [3.63, 3.8) is 0 Å². The molecular formula is C29H27ClFN9O9. The summed E-state index contributed by atoms with van der Waals surface area (Å²) in [6.07, 6.45) is 0. The first-order chi connectivity index (χ1) is 22.8. The largest absolute Gasteiger partial charge is 0.489 e. The van der Waals surface area contributed by atoms with Gasteiger partial charge in [-0.1, -0.05) is 28.5 Å². The van der Waals surface area contributed by atoms with Crippen LogP contribution in [0.1, 0.15) is 54.1 Å². The molecule has 3 aromatic carbocycles. The second-order valence-electron chi connectivity index (χ2n) is 9.83. The van der Waals surface area contributed by atoms with Crippen molar-refractivity contribution >= 4 is 53.2 Å². The molecule has 0 radical (unpaired) electrons. The maximum Gasteiger partial charge on any atom is 0.354 e. The van der Waals surface area contributed by atoms with Gasteiger partial charge in [0.2, 0.25) is 11.6 Å². The summed E-state index contributed by atoms with van der Waals surface area (Å²) in [4.78, 5) is 73.3. The summed E-state index contributed by atoms with van der Waals surface area (Å²) in [5, 5.41) is 30.7.